The van der Waals surface area contributed by atoms with Gasteiger partial charge in [0.1, 0.15) is 5.82 Å². The Balaban J connectivity index is 1.80. The number of hydrogen-bond donors (Lipinski definition) is 2. The number of carbonyl (C=O) groups is 2. The molecule has 2 amide bonds. The molecule has 0 aliphatic carbocycles. The number of rotatable bonds is 5. The van der Waals surface area contributed by atoms with Gasteiger partial charge in [-0.25, -0.2) is 9.07 Å². The summed E-state index contributed by atoms with van der Waals surface area (Å²) in [7, 11) is 0. The van der Waals surface area contributed by atoms with Crippen LogP contribution >= 0.6 is 0 Å². The molecule has 2 aromatic carbocycles. The first kappa shape index (κ1) is 19.2. The highest BCUT2D eigenvalue weighted by Gasteiger charge is 2.17. The Morgan fingerprint density at radius 2 is 1.71 bits per heavy atom. The molecule has 0 aliphatic heterocycles. The van der Waals surface area contributed by atoms with Crippen LogP contribution in [-0.2, 0) is 17.8 Å². The van der Waals surface area contributed by atoms with Crippen LogP contribution in [0, 0.1) is 5.82 Å². The first-order valence-corrected chi connectivity index (χ1v) is 8.83. The highest BCUT2D eigenvalue weighted by molar-refractivity contribution is 6.05. The normalized spacial score (nSPS) is 10.6. The molecule has 0 radical (unpaired) electrons. The number of hydrogen-bond acceptors (Lipinski definition) is 4. The van der Waals surface area contributed by atoms with E-state index < -0.39 is 17.6 Å². The molecule has 0 aliphatic rings. The number of amides is 2. The number of benzene rings is 2. The van der Waals surface area contributed by atoms with E-state index in [1.54, 1.807) is 30.3 Å². The summed E-state index contributed by atoms with van der Waals surface area (Å²) in [6.07, 6.45) is 0.447. The Hall–Kier alpha value is -3.55. The number of aryl methyl sites for hydroxylation is 1. The lowest BCUT2D eigenvalue weighted by Gasteiger charge is -2.11. The van der Waals surface area contributed by atoms with Gasteiger partial charge in [0, 0.05) is 11.9 Å². The summed E-state index contributed by atoms with van der Waals surface area (Å²) in [4.78, 5) is 37.0. The lowest BCUT2D eigenvalue weighted by Crippen LogP contribution is -2.43. The topological polar surface area (TPSA) is 93.1 Å². The van der Waals surface area contributed by atoms with Crippen LogP contribution in [0.2, 0.25) is 0 Å². The lowest BCUT2D eigenvalue weighted by molar-refractivity contribution is -0.121. The van der Waals surface area contributed by atoms with Gasteiger partial charge in [-0.3, -0.25) is 25.2 Å². The van der Waals surface area contributed by atoms with Crippen LogP contribution in [0.3, 0.4) is 0 Å². The molecule has 2 N–H and O–H groups in total. The third-order valence-corrected chi connectivity index (χ3v) is 4.14. The maximum atomic E-state index is 13.6. The number of carbonyl (C=O) groups excluding carboxylic acids is 2. The first-order valence-electron chi connectivity index (χ1n) is 8.83. The van der Waals surface area contributed by atoms with Crippen molar-refractivity contribution in [2.45, 2.75) is 26.3 Å². The zero-order chi connectivity index (χ0) is 20.1. The molecule has 7 nitrogen and oxygen atoms in total. The van der Waals surface area contributed by atoms with E-state index in [0.717, 1.165) is 0 Å². The van der Waals surface area contributed by atoms with Gasteiger partial charge in [-0.05, 0) is 24.1 Å². The largest absolute Gasteiger partial charge is 0.290 e. The van der Waals surface area contributed by atoms with Gasteiger partial charge in [0.05, 0.1) is 11.8 Å². The highest BCUT2D eigenvalue weighted by Crippen LogP contribution is 2.13. The Morgan fingerprint density at radius 1 is 1.04 bits per heavy atom. The van der Waals surface area contributed by atoms with Gasteiger partial charge in [-0.2, -0.15) is 5.10 Å². The van der Waals surface area contributed by atoms with E-state index in [-0.39, 0.29) is 23.2 Å². The van der Waals surface area contributed by atoms with Gasteiger partial charge in [-0.15, -0.1) is 0 Å². The van der Waals surface area contributed by atoms with E-state index in [4.69, 9.17) is 0 Å². The van der Waals surface area contributed by atoms with Crippen molar-refractivity contribution in [1.82, 2.24) is 20.6 Å². The van der Waals surface area contributed by atoms with Crippen LogP contribution in [0.4, 0.5) is 4.39 Å². The predicted octanol–water partition coefficient (Wildman–Crippen LogP) is 1.95. The molecule has 1 aromatic heterocycles. The molecule has 0 unspecified atom stereocenters. The van der Waals surface area contributed by atoms with Crippen molar-refractivity contribution in [2.75, 3.05) is 0 Å². The van der Waals surface area contributed by atoms with Gasteiger partial charge in [0.2, 0.25) is 5.91 Å². The Kier molecular flexibility index (Phi) is 5.78. The SMILES string of the molecule is CCCn1nc(C(=O)NNC(=O)Cc2ccccc2F)c2ccccc2c1=O. The Bertz CT molecular complexity index is 1090. The zero-order valence-electron chi connectivity index (χ0n) is 15.2. The van der Waals surface area contributed by atoms with Gasteiger partial charge in [0.25, 0.3) is 11.5 Å². The highest BCUT2D eigenvalue weighted by atomic mass is 19.1. The van der Waals surface area contributed by atoms with E-state index in [2.05, 4.69) is 16.0 Å². The minimum atomic E-state index is -0.664. The summed E-state index contributed by atoms with van der Waals surface area (Å²) < 4.78 is 14.9. The molecule has 8 heteroatoms. The van der Waals surface area contributed by atoms with Crippen molar-refractivity contribution in [3.8, 4) is 0 Å². The Morgan fingerprint density at radius 3 is 2.43 bits per heavy atom. The molecule has 0 fully saturated rings. The minimum Gasteiger partial charge on any atom is -0.273 e. The fraction of sp³-hybridized carbons (Fsp3) is 0.200. The number of nitrogens with one attached hydrogen (secondary N) is 2. The summed E-state index contributed by atoms with van der Waals surface area (Å²) >= 11 is 0. The first-order chi connectivity index (χ1) is 13.5. The van der Waals surface area contributed by atoms with Crippen molar-refractivity contribution in [3.63, 3.8) is 0 Å². The second kappa shape index (κ2) is 8.43. The number of hydrazine groups is 1. The van der Waals surface area contributed by atoms with Gasteiger partial charge in [-0.1, -0.05) is 43.3 Å². The molecule has 0 saturated heterocycles. The molecule has 0 spiro atoms. The van der Waals surface area contributed by atoms with E-state index >= 15 is 0 Å². The summed E-state index contributed by atoms with van der Waals surface area (Å²) in [6, 6.07) is 12.5. The van der Waals surface area contributed by atoms with E-state index in [9.17, 15) is 18.8 Å². The maximum absolute atomic E-state index is 13.6. The summed E-state index contributed by atoms with van der Waals surface area (Å²) in [5.41, 5.74) is 4.50. The zero-order valence-corrected chi connectivity index (χ0v) is 15.2. The van der Waals surface area contributed by atoms with Gasteiger partial charge in [0.15, 0.2) is 5.69 Å². The molecular formula is C20H19FN4O3. The number of aromatic nitrogens is 2. The molecule has 0 atom stereocenters. The van der Waals surface area contributed by atoms with Crippen LogP contribution in [0.1, 0.15) is 29.4 Å². The second-order valence-corrected chi connectivity index (χ2v) is 6.19. The quantitative estimate of drug-likeness (QED) is 0.660. The monoisotopic (exact) mass is 382 g/mol. The van der Waals surface area contributed by atoms with E-state index in [1.807, 2.05) is 6.92 Å². The molecule has 1 heterocycles. The number of fused-ring (bicyclic) bond motifs is 1. The standard InChI is InChI=1S/C20H19FN4O3/c1-2-11-25-20(28)15-9-5-4-8-14(15)18(24-25)19(27)23-22-17(26)12-13-7-3-6-10-16(13)21/h3-10H,2,11-12H2,1H3,(H,22,26)(H,23,27). The van der Waals surface area contributed by atoms with Crippen molar-refractivity contribution in [1.29, 1.82) is 0 Å². The summed E-state index contributed by atoms with van der Waals surface area (Å²) in [5.74, 6) is -1.74. The molecule has 0 saturated carbocycles. The minimum absolute atomic E-state index is 0.0230. The predicted molar refractivity (Wildman–Crippen MR) is 102 cm³/mol. The van der Waals surface area contributed by atoms with Crippen LogP contribution in [0.25, 0.3) is 10.8 Å². The number of halogens is 1. The molecule has 3 rings (SSSR count). The van der Waals surface area contributed by atoms with Crippen molar-refractivity contribution < 1.29 is 14.0 Å². The smallest absolute Gasteiger partial charge is 0.273 e. The molecular weight excluding hydrogens is 363 g/mol. The molecule has 3 aromatic rings. The van der Waals surface area contributed by atoms with Crippen LogP contribution < -0.4 is 16.4 Å². The van der Waals surface area contributed by atoms with Crippen LogP contribution in [0.15, 0.2) is 53.3 Å². The van der Waals surface area contributed by atoms with E-state index in [0.29, 0.717) is 23.7 Å². The fourth-order valence-electron chi connectivity index (χ4n) is 2.81. The van der Waals surface area contributed by atoms with Crippen molar-refractivity contribution in [2.24, 2.45) is 0 Å². The Labute approximate surface area is 160 Å². The third-order valence-electron chi connectivity index (χ3n) is 4.14. The van der Waals surface area contributed by atoms with Crippen molar-refractivity contribution >= 4 is 22.6 Å². The average Bonchev–Trinajstić information content (AvgIpc) is 2.70. The van der Waals surface area contributed by atoms with Crippen LogP contribution in [-0.4, -0.2) is 21.6 Å². The average molecular weight is 382 g/mol. The van der Waals surface area contributed by atoms with Gasteiger partial charge >= 0.3 is 0 Å². The van der Waals surface area contributed by atoms with Gasteiger partial charge < -0.3 is 0 Å². The second-order valence-electron chi connectivity index (χ2n) is 6.19. The summed E-state index contributed by atoms with van der Waals surface area (Å²) in [6.45, 7) is 2.26. The third kappa shape index (κ3) is 4.06. The van der Waals surface area contributed by atoms with Crippen molar-refractivity contribution in [3.05, 3.63) is 76.0 Å². The lowest BCUT2D eigenvalue weighted by atomic mass is 10.1. The maximum Gasteiger partial charge on any atom is 0.290 e. The summed E-state index contributed by atoms with van der Waals surface area (Å²) in [5, 5.41) is 4.91. The molecule has 0 bridgehead atoms. The fourth-order valence-corrected chi connectivity index (χ4v) is 2.81. The number of nitrogens with zero attached hydrogens (tertiary/aromatic N) is 2. The molecule has 28 heavy (non-hydrogen) atoms. The van der Waals surface area contributed by atoms with Crippen LogP contribution in [0.5, 0.6) is 0 Å². The van der Waals surface area contributed by atoms with E-state index in [1.165, 1.54) is 22.9 Å². The molecule has 144 valence electrons.